The van der Waals surface area contributed by atoms with E-state index in [9.17, 15) is 19.2 Å². The van der Waals surface area contributed by atoms with Gasteiger partial charge in [0.15, 0.2) is 0 Å². The Morgan fingerprint density at radius 2 is 1.66 bits per heavy atom. The van der Waals surface area contributed by atoms with Crippen LogP contribution in [-0.4, -0.2) is 53.9 Å². The maximum Gasteiger partial charge on any atom is 0.355 e. The van der Waals surface area contributed by atoms with Gasteiger partial charge >= 0.3 is 5.97 Å². The highest BCUT2D eigenvalue weighted by atomic mass is 16.7. The van der Waals surface area contributed by atoms with E-state index in [1.165, 1.54) is 0 Å². The summed E-state index contributed by atoms with van der Waals surface area (Å²) < 4.78 is 3.48. The van der Waals surface area contributed by atoms with Crippen molar-refractivity contribution in [1.82, 2.24) is 29.5 Å². The summed E-state index contributed by atoms with van der Waals surface area (Å²) in [5, 5.41) is 3.07. The van der Waals surface area contributed by atoms with Gasteiger partial charge in [-0.1, -0.05) is 0 Å². The molecule has 0 aromatic carbocycles. The SMILES string of the molecule is Cn1cnc(CCC(=O)N[C@@H](Cc2cn(C)cn2)C(=O)ON2C(=O)CCC2=O)c1. The van der Waals surface area contributed by atoms with E-state index in [4.69, 9.17) is 4.84 Å². The molecule has 1 fully saturated rings. The van der Waals surface area contributed by atoms with Gasteiger partial charge in [0.05, 0.1) is 24.0 Å². The number of imide groups is 1. The molecule has 1 aliphatic rings. The third kappa shape index (κ3) is 5.27. The van der Waals surface area contributed by atoms with E-state index in [-0.39, 0.29) is 31.6 Å². The molecule has 2 aromatic rings. The predicted octanol–water partition coefficient (Wildman–Crippen LogP) is -0.579. The van der Waals surface area contributed by atoms with Crippen molar-refractivity contribution in [3.05, 3.63) is 36.4 Å². The molecule has 11 heteroatoms. The number of aromatic nitrogens is 4. The van der Waals surface area contributed by atoms with Crippen LogP contribution in [0.5, 0.6) is 0 Å². The molecule has 0 saturated carbocycles. The molecule has 3 rings (SSSR count). The lowest BCUT2D eigenvalue weighted by Crippen LogP contribution is -2.46. The van der Waals surface area contributed by atoms with E-state index in [0.29, 0.717) is 17.2 Å². The number of aryl methyl sites for hydroxylation is 3. The van der Waals surface area contributed by atoms with Crippen LogP contribution in [0.15, 0.2) is 25.0 Å². The molecule has 0 spiro atoms. The van der Waals surface area contributed by atoms with Crippen molar-refractivity contribution in [2.45, 2.75) is 38.1 Å². The van der Waals surface area contributed by atoms with Crippen LogP contribution < -0.4 is 5.32 Å². The first kappa shape index (κ1) is 20.2. The van der Waals surface area contributed by atoms with E-state index in [1.54, 1.807) is 41.2 Å². The molecule has 1 saturated heterocycles. The Balaban J connectivity index is 1.64. The van der Waals surface area contributed by atoms with Crippen molar-refractivity contribution < 1.29 is 24.0 Å². The second-order valence-electron chi connectivity index (χ2n) is 6.88. The van der Waals surface area contributed by atoms with Crippen molar-refractivity contribution in [2.75, 3.05) is 0 Å². The molecule has 0 unspecified atom stereocenters. The van der Waals surface area contributed by atoms with Crippen molar-refractivity contribution in [2.24, 2.45) is 14.1 Å². The minimum Gasteiger partial charge on any atom is -0.342 e. The van der Waals surface area contributed by atoms with Crippen LogP contribution in [0.4, 0.5) is 0 Å². The number of imidazole rings is 2. The van der Waals surface area contributed by atoms with Gasteiger partial charge in [-0.15, -0.1) is 5.06 Å². The van der Waals surface area contributed by atoms with Crippen LogP contribution >= 0.6 is 0 Å². The van der Waals surface area contributed by atoms with Gasteiger partial charge < -0.3 is 19.3 Å². The lowest BCUT2D eigenvalue weighted by atomic mass is 10.1. The first-order valence-electron chi connectivity index (χ1n) is 9.12. The lowest BCUT2D eigenvalue weighted by molar-refractivity contribution is -0.199. The van der Waals surface area contributed by atoms with Crippen molar-refractivity contribution in [1.29, 1.82) is 0 Å². The third-order valence-electron chi connectivity index (χ3n) is 4.34. The van der Waals surface area contributed by atoms with E-state index in [1.807, 2.05) is 7.05 Å². The third-order valence-corrected chi connectivity index (χ3v) is 4.34. The summed E-state index contributed by atoms with van der Waals surface area (Å²) in [5.74, 6) is -2.44. The Hall–Kier alpha value is -3.50. The van der Waals surface area contributed by atoms with Crippen LogP contribution in [0.25, 0.3) is 0 Å². The molecule has 0 aliphatic carbocycles. The zero-order valence-corrected chi connectivity index (χ0v) is 16.2. The van der Waals surface area contributed by atoms with Gasteiger partial charge in [0.1, 0.15) is 6.04 Å². The molecule has 3 amide bonds. The second-order valence-corrected chi connectivity index (χ2v) is 6.88. The summed E-state index contributed by atoms with van der Waals surface area (Å²) in [6.45, 7) is 0. The van der Waals surface area contributed by atoms with Gasteiger partial charge in [-0.3, -0.25) is 14.4 Å². The second kappa shape index (κ2) is 8.67. The van der Waals surface area contributed by atoms with E-state index < -0.39 is 23.8 Å². The topological polar surface area (TPSA) is 128 Å². The highest BCUT2D eigenvalue weighted by Crippen LogP contribution is 2.14. The molecule has 11 nitrogen and oxygen atoms in total. The van der Waals surface area contributed by atoms with E-state index in [2.05, 4.69) is 15.3 Å². The van der Waals surface area contributed by atoms with Crippen LogP contribution in [-0.2, 0) is 51.0 Å². The standard InChI is InChI=1S/C18H22N6O5/c1-22-8-12(19-10-22)3-4-15(25)21-14(7-13-9-23(2)11-20-13)18(28)29-24-16(26)5-6-17(24)27/h8-11,14H,3-7H2,1-2H3,(H,21,25)/t14-/m0/s1. The molecular weight excluding hydrogens is 380 g/mol. The number of nitrogens with zero attached hydrogens (tertiary/aromatic N) is 5. The highest BCUT2D eigenvalue weighted by molar-refractivity contribution is 6.02. The first-order valence-corrected chi connectivity index (χ1v) is 9.12. The fourth-order valence-corrected chi connectivity index (χ4v) is 2.89. The number of carbonyl (C=O) groups excluding carboxylic acids is 4. The number of amides is 3. The van der Waals surface area contributed by atoms with Gasteiger partial charge in [0, 0.05) is 52.2 Å². The van der Waals surface area contributed by atoms with Gasteiger partial charge in [0.25, 0.3) is 11.8 Å². The van der Waals surface area contributed by atoms with Gasteiger partial charge in [-0.25, -0.2) is 14.8 Å². The first-order chi connectivity index (χ1) is 13.8. The minimum atomic E-state index is -1.10. The van der Waals surface area contributed by atoms with E-state index >= 15 is 0 Å². The number of hydrogen-bond acceptors (Lipinski definition) is 7. The maximum atomic E-state index is 12.6. The summed E-state index contributed by atoms with van der Waals surface area (Å²) >= 11 is 0. The molecule has 0 radical (unpaired) electrons. The maximum absolute atomic E-state index is 12.6. The summed E-state index contributed by atoms with van der Waals surface area (Å²) in [6.07, 6.45) is 7.27. The van der Waals surface area contributed by atoms with Crippen LogP contribution in [0.3, 0.4) is 0 Å². The predicted molar refractivity (Wildman–Crippen MR) is 97.6 cm³/mol. The number of rotatable bonds is 8. The van der Waals surface area contributed by atoms with Gasteiger partial charge in [-0.05, 0) is 6.42 Å². The molecule has 1 aliphatic heterocycles. The molecule has 1 atom stereocenters. The average Bonchev–Trinajstić information content (AvgIpc) is 3.36. The zero-order valence-electron chi connectivity index (χ0n) is 16.2. The molecule has 29 heavy (non-hydrogen) atoms. The quantitative estimate of drug-likeness (QED) is 0.585. The molecular formula is C18H22N6O5. The Labute approximate surface area is 166 Å². The van der Waals surface area contributed by atoms with Gasteiger partial charge in [0.2, 0.25) is 5.91 Å². The smallest absolute Gasteiger partial charge is 0.342 e. The Morgan fingerprint density at radius 3 is 2.21 bits per heavy atom. The molecule has 0 bridgehead atoms. The van der Waals surface area contributed by atoms with Crippen molar-refractivity contribution >= 4 is 23.7 Å². The van der Waals surface area contributed by atoms with Crippen LogP contribution in [0, 0.1) is 0 Å². The number of hydroxylamine groups is 2. The summed E-state index contributed by atoms with van der Waals surface area (Å²) in [5.41, 5.74) is 1.30. The van der Waals surface area contributed by atoms with Crippen LogP contribution in [0.2, 0.25) is 0 Å². The van der Waals surface area contributed by atoms with Gasteiger partial charge in [-0.2, -0.15) is 0 Å². The molecule has 1 N–H and O–H groups in total. The molecule has 2 aromatic heterocycles. The van der Waals surface area contributed by atoms with Crippen molar-refractivity contribution in [3.63, 3.8) is 0 Å². The molecule has 154 valence electrons. The lowest BCUT2D eigenvalue weighted by Gasteiger charge is -2.19. The monoisotopic (exact) mass is 402 g/mol. The fourth-order valence-electron chi connectivity index (χ4n) is 2.89. The fraction of sp³-hybridized carbons (Fsp3) is 0.444. The number of carbonyl (C=O) groups is 4. The summed E-state index contributed by atoms with van der Waals surface area (Å²) in [7, 11) is 3.60. The minimum absolute atomic E-state index is 0.00649. The van der Waals surface area contributed by atoms with E-state index in [0.717, 1.165) is 5.69 Å². The Morgan fingerprint density at radius 1 is 1.07 bits per heavy atom. The number of nitrogens with one attached hydrogen (secondary N) is 1. The summed E-state index contributed by atoms with van der Waals surface area (Å²) in [6, 6.07) is -1.10. The Kier molecular flexibility index (Phi) is 6.05. The highest BCUT2D eigenvalue weighted by Gasteiger charge is 2.35. The zero-order chi connectivity index (χ0) is 21.0. The van der Waals surface area contributed by atoms with Crippen molar-refractivity contribution in [3.8, 4) is 0 Å². The Bertz CT molecular complexity index is 917. The molecule has 3 heterocycles. The largest absolute Gasteiger partial charge is 0.355 e. The van der Waals surface area contributed by atoms with Crippen LogP contribution in [0.1, 0.15) is 30.7 Å². The number of hydrogen-bond donors (Lipinski definition) is 1. The summed E-state index contributed by atoms with van der Waals surface area (Å²) in [4.78, 5) is 61.6. The average molecular weight is 402 g/mol. The normalized spacial score (nSPS) is 14.9.